The summed E-state index contributed by atoms with van der Waals surface area (Å²) in [4.78, 5) is 0. The summed E-state index contributed by atoms with van der Waals surface area (Å²) in [6.07, 6.45) is -1.07. The predicted molar refractivity (Wildman–Crippen MR) is 61.9 cm³/mol. The topological polar surface area (TPSA) is 33.4 Å². The molecule has 0 aliphatic heterocycles. The van der Waals surface area contributed by atoms with Crippen molar-refractivity contribution in [1.82, 2.24) is 0 Å². The number of aliphatic hydroxyl groups is 1. The van der Waals surface area contributed by atoms with Crippen molar-refractivity contribution in [3.63, 3.8) is 0 Å². The molecule has 0 fully saturated rings. The average Bonchev–Trinajstić information content (AvgIpc) is 2.67. The summed E-state index contributed by atoms with van der Waals surface area (Å²) >= 11 is 8.99. The van der Waals surface area contributed by atoms with E-state index < -0.39 is 11.9 Å². The third-order valence-electron chi connectivity index (χ3n) is 2.12. The Balaban J connectivity index is 2.40. The van der Waals surface area contributed by atoms with E-state index in [1.165, 1.54) is 18.2 Å². The van der Waals surface area contributed by atoms with Gasteiger partial charge in [-0.15, -0.1) is 0 Å². The van der Waals surface area contributed by atoms with Crippen LogP contribution in [0.1, 0.15) is 17.4 Å². The Morgan fingerprint density at radius 1 is 1.31 bits per heavy atom. The van der Waals surface area contributed by atoms with Gasteiger partial charge in [0.15, 0.2) is 4.67 Å². The number of hydrogen-bond donors (Lipinski definition) is 1. The van der Waals surface area contributed by atoms with Crippen molar-refractivity contribution in [2.45, 2.75) is 6.10 Å². The standard InChI is InChI=1S/C11H7BrClFO2/c12-10-4-3-9(16-10)11(15)7-5-6(14)1-2-8(7)13/h1-5,11,15H. The lowest BCUT2D eigenvalue weighted by atomic mass is 10.1. The molecule has 0 bridgehead atoms. The van der Waals surface area contributed by atoms with Crippen LogP contribution in [0.15, 0.2) is 39.4 Å². The van der Waals surface area contributed by atoms with Crippen molar-refractivity contribution in [2.75, 3.05) is 0 Å². The molecule has 1 N–H and O–H groups in total. The molecule has 0 saturated carbocycles. The first-order valence-electron chi connectivity index (χ1n) is 4.46. The molecule has 5 heteroatoms. The maximum atomic E-state index is 13.0. The first-order valence-corrected chi connectivity index (χ1v) is 5.63. The SMILES string of the molecule is OC(c1ccc(Br)o1)c1cc(F)ccc1Cl. The number of rotatable bonds is 2. The van der Waals surface area contributed by atoms with E-state index in [4.69, 9.17) is 16.0 Å². The van der Waals surface area contributed by atoms with Crippen molar-refractivity contribution in [3.05, 3.63) is 57.2 Å². The van der Waals surface area contributed by atoms with Crippen LogP contribution in [0, 0.1) is 5.82 Å². The molecule has 16 heavy (non-hydrogen) atoms. The van der Waals surface area contributed by atoms with Crippen LogP contribution in [0.3, 0.4) is 0 Å². The molecule has 2 rings (SSSR count). The third kappa shape index (κ3) is 2.29. The van der Waals surface area contributed by atoms with Crippen LogP contribution in [0.5, 0.6) is 0 Å². The minimum absolute atomic E-state index is 0.281. The molecule has 1 aromatic heterocycles. The van der Waals surface area contributed by atoms with Gasteiger partial charge in [0.2, 0.25) is 0 Å². The van der Waals surface area contributed by atoms with Crippen LogP contribution in [-0.4, -0.2) is 5.11 Å². The fraction of sp³-hybridized carbons (Fsp3) is 0.0909. The lowest BCUT2D eigenvalue weighted by Gasteiger charge is -2.09. The van der Waals surface area contributed by atoms with Gasteiger partial charge in [0.05, 0.1) is 0 Å². The molecule has 0 saturated heterocycles. The molecular formula is C11H7BrClFO2. The van der Waals surface area contributed by atoms with Crippen molar-refractivity contribution < 1.29 is 13.9 Å². The summed E-state index contributed by atoms with van der Waals surface area (Å²) < 4.78 is 18.7. The first kappa shape index (κ1) is 11.6. The number of hydrogen-bond acceptors (Lipinski definition) is 2. The quantitative estimate of drug-likeness (QED) is 0.912. The predicted octanol–water partition coefficient (Wildman–Crippen LogP) is 3.92. The zero-order valence-corrected chi connectivity index (χ0v) is 10.3. The second-order valence-electron chi connectivity index (χ2n) is 3.21. The largest absolute Gasteiger partial charge is 0.451 e. The highest BCUT2D eigenvalue weighted by Gasteiger charge is 2.18. The Morgan fingerprint density at radius 2 is 2.06 bits per heavy atom. The number of aliphatic hydroxyl groups excluding tert-OH is 1. The van der Waals surface area contributed by atoms with E-state index >= 15 is 0 Å². The fourth-order valence-electron chi connectivity index (χ4n) is 1.35. The highest BCUT2D eigenvalue weighted by atomic mass is 79.9. The number of halogens is 3. The number of furan rings is 1. The summed E-state index contributed by atoms with van der Waals surface area (Å²) in [5.74, 6) is -0.150. The Bertz CT molecular complexity index is 512. The van der Waals surface area contributed by atoms with E-state index in [0.29, 0.717) is 15.5 Å². The molecule has 1 aromatic carbocycles. The molecule has 2 aromatic rings. The molecule has 1 heterocycles. The molecule has 0 spiro atoms. The van der Waals surface area contributed by atoms with Gasteiger partial charge in [-0.1, -0.05) is 11.6 Å². The zero-order chi connectivity index (χ0) is 11.7. The molecule has 1 atom stereocenters. The zero-order valence-electron chi connectivity index (χ0n) is 7.95. The molecule has 0 amide bonds. The molecule has 2 nitrogen and oxygen atoms in total. The summed E-state index contributed by atoms with van der Waals surface area (Å²) in [5.41, 5.74) is 0.281. The maximum absolute atomic E-state index is 13.0. The van der Waals surface area contributed by atoms with Gasteiger partial charge in [-0.05, 0) is 46.3 Å². The maximum Gasteiger partial charge on any atom is 0.169 e. The van der Waals surface area contributed by atoms with E-state index in [9.17, 15) is 9.50 Å². The van der Waals surface area contributed by atoms with Gasteiger partial charge in [-0.3, -0.25) is 0 Å². The highest BCUT2D eigenvalue weighted by Crippen LogP contribution is 2.30. The summed E-state index contributed by atoms with van der Waals surface area (Å²) in [5, 5.41) is 10.2. The Labute approximate surface area is 105 Å². The monoisotopic (exact) mass is 304 g/mol. The second-order valence-corrected chi connectivity index (χ2v) is 4.40. The average molecular weight is 306 g/mol. The Hall–Kier alpha value is -0.840. The van der Waals surface area contributed by atoms with E-state index in [1.807, 2.05) is 0 Å². The van der Waals surface area contributed by atoms with E-state index in [1.54, 1.807) is 12.1 Å². The molecule has 1 unspecified atom stereocenters. The van der Waals surface area contributed by atoms with Gasteiger partial charge < -0.3 is 9.52 Å². The van der Waals surface area contributed by atoms with Crippen LogP contribution in [0.4, 0.5) is 4.39 Å². The fourth-order valence-corrected chi connectivity index (χ4v) is 1.89. The summed E-state index contributed by atoms with van der Waals surface area (Å²) in [7, 11) is 0. The van der Waals surface area contributed by atoms with Gasteiger partial charge in [-0.2, -0.15) is 0 Å². The van der Waals surface area contributed by atoms with Crippen LogP contribution >= 0.6 is 27.5 Å². The summed E-state index contributed by atoms with van der Waals surface area (Å²) in [6, 6.07) is 7.05. The van der Waals surface area contributed by atoms with E-state index in [0.717, 1.165) is 0 Å². The first-order chi connectivity index (χ1) is 7.58. The van der Waals surface area contributed by atoms with Gasteiger partial charge in [0, 0.05) is 10.6 Å². The van der Waals surface area contributed by atoms with Crippen molar-refractivity contribution in [2.24, 2.45) is 0 Å². The van der Waals surface area contributed by atoms with E-state index in [-0.39, 0.29) is 5.56 Å². The smallest absolute Gasteiger partial charge is 0.169 e. The van der Waals surface area contributed by atoms with Crippen LogP contribution in [0.2, 0.25) is 5.02 Å². The third-order valence-corrected chi connectivity index (χ3v) is 2.89. The molecule has 0 aliphatic rings. The van der Waals surface area contributed by atoms with E-state index in [2.05, 4.69) is 15.9 Å². The van der Waals surface area contributed by atoms with Crippen molar-refractivity contribution in [3.8, 4) is 0 Å². The lowest BCUT2D eigenvalue weighted by Crippen LogP contribution is -1.99. The Kier molecular flexibility index (Phi) is 3.33. The number of benzene rings is 1. The van der Waals surface area contributed by atoms with Crippen LogP contribution < -0.4 is 0 Å². The van der Waals surface area contributed by atoms with Gasteiger partial charge in [-0.25, -0.2) is 4.39 Å². The lowest BCUT2D eigenvalue weighted by molar-refractivity contribution is 0.187. The minimum Gasteiger partial charge on any atom is -0.451 e. The van der Waals surface area contributed by atoms with Crippen LogP contribution in [-0.2, 0) is 0 Å². The molecular weight excluding hydrogens is 298 g/mol. The Morgan fingerprint density at radius 3 is 2.69 bits per heavy atom. The second kappa shape index (κ2) is 4.57. The summed E-state index contributed by atoms with van der Waals surface area (Å²) in [6.45, 7) is 0. The van der Waals surface area contributed by atoms with Gasteiger partial charge >= 0.3 is 0 Å². The van der Waals surface area contributed by atoms with Crippen molar-refractivity contribution in [1.29, 1.82) is 0 Å². The van der Waals surface area contributed by atoms with Gasteiger partial charge in [0.1, 0.15) is 17.7 Å². The minimum atomic E-state index is -1.07. The highest BCUT2D eigenvalue weighted by molar-refractivity contribution is 9.10. The van der Waals surface area contributed by atoms with Gasteiger partial charge in [0.25, 0.3) is 0 Å². The normalized spacial score (nSPS) is 12.8. The van der Waals surface area contributed by atoms with Crippen LogP contribution in [0.25, 0.3) is 0 Å². The van der Waals surface area contributed by atoms with Crippen molar-refractivity contribution >= 4 is 27.5 Å². The molecule has 0 radical (unpaired) electrons. The molecule has 0 aliphatic carbocycles. The molecule has 84 valence electrons.